The number of thiophene rings is 1. The van der Waals surface area contributed by atoms with Crippen LogP contribution in [-0.2, 0) is 24.8 Å². The second-order valence-corrected chi connectivity index (χ2v) is 12.5. The molecule has 34 heavy (non-hydrogen) atoms. The summed E-state index contributed by atoms with van der Waals surface area (Å²) in [4.78, 5) is 20.6. The van der Waals surface area contributed by atoms with Gasteiger partial charge in [0.2, 0.25) is 11.9 Å². The molecule has 1 aromatic carbocycles. The Hall–Kier alpha value is -2.87. The van der Waals surface area contributed by atoms with E-state index in [0.717, 1.165) is 0 Å². The third kappa shape index (κ3) is 5.43. The molecular formula is C21H23N5O5S3. The molecule has 0 atom stereocenters. The molecule has 1 aliphatic rings. The maximum absolute atomic E-state index is 12.7. The van der Waals surface area contributed by atoms with Crippen LogP contribution in [0, 0.1) is 12.8 Å². The van der Waals surface area contributed by atoms with Gasteiger partial charge in [-0.15, -0.1) is 11.3 Å². The second kappa shape index (κ2) is 9.78. The zero-order valence-electron chi connectivity index (χ0n) is 18.2. The lowest BCUT2D eigenvalue weighted by atomic mass is 9.97. The van der Waals surface area contributed by atoms with Gasteiger partial charge in [-0.25, -0.2) is 31.5 Å². The van der Waals surface area contributed by atoms with Gasteiger partial charge in [0.1, 0.15) is 4.21 Å². The molecule has 10 nitrogen and oxygen atoms in total. The third-order valence-electron chi connectivity index (χ3n) is 5.37. The van der Waals surface area contributed by atoms with Crippen molar-refractivity contribution in [2.45, 2.75) is 28.9 Å². The van der Waals surface area contributed by atoms with Crippen molar-refractivity contribution in [2.75, 3.05) is 23.1 Å². The zero-order valence-corrected chi connectivity index (χ0v) is 20.7. The van der Waals surface area contributed by atoms with E-state index in [4.69, 9.17) is 0 Å². The van der Waals surface area contributed by atoms with Crippen LogP contribution in [0.1, 0.15) is 18.5 Å². The van der Waals surface area contributed by atoms with E-state index in [0.29, 0.717) is 28.4 Å². The molecular weight excluding hydrogens is 498 g/mol. The largest absolute Gasteiger partial charge is 0.326 e. The summed E-state index contributed by atoms with van der Waals surface area (Å²) < 4.78 is 54.4. The minimum atomic E-state index is -3.88. The molecule has 1 fully saturated rings. The smallest absolute Gasteiger partial charge is 0.264 e. The van der Waals surface area contributed by atoms with Gasteiger partial charge in [0.25, 0.3) is 20.0 Å². The van der Waals surface area contributed by atoms with Crippen LogP contribution in [0.15, 0.2) is 63.1 Å². The fourth-order valence-electron chi connectivity index (χ4n) is 3.53. The molecule has 0 spiro atoms. The molecule has 13 heteroatoms. The van der Waals surface area contributed by atoms with Gasteiger partial charge in [0.05, 0.1) is 4.90 Å². The summed E-state index contributed by atoms with van der Waals surface area (Å²) in [6, 6.07) is 10.7. The first kappa shape index (κ1) is 24.3. The molecule has 2 aromatic heterocycles. The number of rotatable bonds is 7. The van der Waals surface area contributed by atoms with Crippen LogP contribution in [0.5, 0.6) is 0 Å². The van der Waals surface area contributed by atoms with E-state index in [1.54, 1.807) is 30.5 Å². The van der Waals surface area contributed by atoms with Crippen LogP contribution in [0.4, 0.5) is 11.6 Å². The average Bonchev–Trinajstić information content (AvgIpc) is 3.35. The van der Waals surface area contributed by atoms with Gasteiger partial charge in [0, 0.05) is 36.6 Å². The van der Waals surface area contributed by atoms with E-state index in [1.807, 2.05) is 0 Å². The standard InChI is InChI=1S/C21H23N5O5S3/c1-15-8-11-22-21(23-15)25-33(28,29)18-6-4-17(5-7-18)24-20(27)16-9-12-26(13-10-16)34(30,31)19-3-2-14-32-19/h2-8,11,14,16H,9-10,12-13H2,1H3,(H,24,27)(H,22,23,25). The molecule has 0 saturated carbocycles. The molecule has 2 N–H and O–H groups in total. The Labute approximate surface area is 202 Å². The number of hydrogen-bond donors (Lipinski definition) is 2. The quantitative estimate of drug-likeness (QED) is 0.487. The minimum absolute atomic E-state index is 0.00250. The fraction of sp³-hybridized carbons (Fsp3) is 0.286. The summed E-state index contributed by atoms with van der Waals surface area (Å²) in [5.41, 5.74) is 1.07. The summed E-state index contributed by atoms with van der Waals surface area (Å²) in [7, 11) is -7.41. The Morgan fingerprint density at radius 1 is 1.06 bits per heavy atom. The highest BCUT2D eigenvalue weighted by Crippen LogP contribution is 2.27. The Morgan fingerprint density at radius 2 is 1.76 bits per heavy atom. The Morgan fingerprint density at radius 3 is 2.38 bits per heavy atom. The summed E-state index contributed by atoms with van der Waals surface area (Å²) in [6.45, 7) is 2.26. The monoisotopic (exact) mass is 521 g/mol. The van der Waals surface area contributed by atoms with Crippen molar-refractivity contribution in [3.63, 3.8) is 0 Å². The van der Waals surface area contributed by atoms with Crippen LogP contribution >= 0.6 is 11.3 Å². The van der Waals surface area contributed by atoms with E-state index in [9.17, 15) is 21.6 Å². The lowest BCUT2D eigenvalue weighted by molar-refractivity contribution is -0.120. The van der Waals surface area contributed by atoms with Gasteiger partial charge < -0.3 is 5.32 Å². The zero-order chi connectivity index (χ0) is 24.3. The van der Waals surface area contributed by atoms with E-state index in [-0.39, 0.29) is 35.8 Å². The number of aromatic nitrogens is 2. The Bertz CT molecular complexity index is 1370. The van der Waals surface area contributed by atoms with Crippen LogP contribution in [0.3, 0.4) is 0 Å². The van der Waals surface area contributed by atoms with Gasteiger partial charge in [-0.2, -0.15) is 4.31 Å². The van der Waals surface area contributed by atoms with Gasteiger partial charge in [-0.05, 0) is 61.5 Å². The number of piperidine rings is 1. The topological polar surface area (TPSA) is 138 Å². The van der Waals surface area contributed by atoms with Crippen molar-refractivity contribution in [3.05, 3.63) is 59.7 Å². The molecule has 3 aromatic rings. The predicted octanol–water partition coefficient (Wildman–Crippen LogP) is 2.69. The molecule has 1 amide bonds. The maximum atomic E-state index is 12.7. The van der Waals surface area contributed by atoms with Gasteiger partial charge in [-0.3, -0.25) is 4.79 Å². The van der Waals surface area contributed by atoms with Gasteiger partial charge in [-0.1, -0.05) is 6.07 Å². The Balaban J connectivity index is 1.34. The molecule has 0 aliphatic carbocycles. The number of nitrogens with zero attached hydrogens (tertiary/aromatic N) is 3. The van der Waals surface area contributed by atoms with Gasteiger partial charge in [0.15, 0.2) is 0 Å². The number of benzene rings is 1. The highest BCUT2D eigenvalue weighted by molar-refractivity contribution is 7.92. The van der Waals surface area contributed by atoms with Crippen LogP contribution in [0.2, 0.25) is 0 Å². The van der Waals surface area contributed by atoms with E-state index in [1.165, 1.54) is 46.1 Å². The number of carbonyl (C=O) groups excluding carboxylic acids is 1. The number of amides is 1. The molecule has 0 bridgehead atoms. The first-order valence-electron chi connectivity index (χ1n) is 10.4. The van der Waals surface area contributed by atoms with Crippen LogP contribution < -0.4 is 10.0 Å². The summed E-state index contributed by atoms with van der Waals surface area (Å²) in [5, 5.41) is 4.50. The van der Waals surface area contributed by atoms with Crippen LogP contribution in [-0.4, -0.2) is 50.1 Å². The first-order valence-corrected chi connectivity index (χ1v) is 14.2. The van der Waals surface area contributed by atoms with Crippen molar-refractivity contribution in [1.82, 2.24) is 14.3 Å². The summed E-state index contributed by atoms with van der Waals surface area (Å²) >= 11 is 1.17. The predicted molar refractivity (Wildman–Crippen MR) is 128 cm³/mol. The highest BCUT2D eigenvalue weighted by Gasteiger charge is 2.32. The second-order valence-electron chi connectivity index (χ2n) is 7.75. The SMILES string of the molecule is Cc1ccnc(NS(=O)(=O)c2ccc(NC(=O)C3CCN(S(=O)(=O)c4cccs4)CC3)cc2)n1. The number of nitrogens with one attached hydrogen (secondary N) is 2. The fourth-order valence-corrected chi connectivity index (χ4v) is 7.10. The molecule has 0 unspecified atom stereocenters. The molecule has 3 heterocycles. The lowest BCUT2D eigenvalue weighted by Crippen LogP contribution is -2.41. The summed E-state index contributed by atoms with van der Waals surface area (Å²) in [6.07, 6.45) is 2.27. The molecule has 180 valence electrons. The van der Waals surface area contributed by atoms with E-state index < -0.39 is 20.0 Å². The summed E-state index contributed by atoms with van der Waals surface area (Å²) in [5.74, 6) is -0.585. The average molecular weight is 522 g/mol. The van der Waals surface area contributed by atoms with E-state index in [2.05, 4.69) is 20.0 Å². The molecule has 1 aliphatic heterocycles. The maximum Gasteiger partial charge on any atom is 0.264 e. The van der Waals surface area contributed by atoms with Gasteiger partial charge >= 0.3 is 0 Å². The van der Waals surface area contributed by atoms with Crippen molar-refractivity contribution in [2.24, 2.45) is 5.92 Å². The van der Waals surface area contributed by atoms with Crippen LogP contribution in [0.25, 0.3) is 0 Å². The molecule has 0 radical (unpaired) electrons. The van der Waals surface area contributed by atoms with Crippen molar-refractivity contribution in [3.8, 4) is 0 Å². The first-order chi connectivity index (χ1) is 16.1. The third-order valence-corrected chi connectivity index (χ3v) is 9.98. The number of hydrogen-bond acceptors (Lipinski definition) is 8. The normalized spacial score (nSPS) is 15.7. The van der Waals surface area contributed by atoms with Crippen molar-refractivity contribution < 1.29 is 21.6 Å². The number of anilines is 2. The van der Waals surface area contributed by atoms with Crippen molar-refractivity contribution in [1.29, 1.82) is 0 Å². The molecule has 4 rings (SSSR count). The minimum Gasteiger partial charge on any atom is -0.326 e. The molecule has 1 saturated heterocycles. The number of carbonyl (C=O) groups is 1. The number of aryl methyl sites for hydroxylation is 1. The lowest BCUT2D eigenvalue weighted by Gasteiger charge is -2.30. The highest BCUT2D eigenvalue weighted by atomic mass is 32.2. The number of sulfonamides is 2. The Kier molecular flexibility index (Phi) is 6.98. The van der Waals surface area contributed by atoms with Crippen molar-refractivity contribution >= 4 is 48.9 Å². The van der Waals surface area contributed by atoms with E-state index >= 15 is 0 Å².